The van der Waals surface area contributed by atoms with Gasteiger partial charge in [0.25, 0.3) is 0 Å². The summed E-state index contributed by atoms with van der Waals surface area (Å²) in [5.41, 5.74) is 5.35. The van der Waals surface area contributed by atoms with Crippen LogP contribution in [0.3, 0.4) is 0 Å². The molecule has 0 unspecified atom stereocenters. The Morgan fingerprint density at radius 1 is 0.679 bits per heavy atom. The summed E-state index contributed by atoms with van der Waals surface area (Å²) in [6.45, 7) is 6.00. The maximum atomic E-state index is 5.37. The lowest BCUT2D eigenvalue weighted by Gasteiger charge is -2.09. The largest absolute Gasteiger partial charge is 0.370 e. The monoisotopic (exact) mass is 448 g/mol. The van der Waals surface area contributed by atoms with Crippen molar-refractivity contribution in [1.29, 1.82) is 0 Å². The van der Waals surface area contributed by atoms with E-state index in [4.69, 9.17) is 24.4 Å². The number of benzene rings is 2. The van der Waals surface area contributed by atoms with Gasteiger partial charge in [0.2, 0.25) is 0 Å². The van der Waals surface area contributed by atoms with Crippen molar-refractivity contribution in [3.8, 4) is 0 Å². The number of hydrogen-bond acceptors (Lipinski definition) is 4. The molecule has 0 radical (unpaired) electrons. The van der Waals surface area contributed by atoms with E-state index in [-0.39, 0.29) is 0 Å². The Morgan fingerprint density at radius 3 is 1.39 bits per heavy atom. The van der Waals surface area contributed by atoms with E-state index in [9.17, 15) is 0 Å². The number of aryl methyl sites for hydroxylation is 4. The van der Waals surface area contributed by atoms with Crippen molar-refractivity contribution < 1.29 is 0 Å². The average Bonchev–Trinajstić information content (AvgIpc) is 2.69. The summed E-state index contributed by atoms with van der Waals surface area (Å²) in [4.78, 5) is 0. The minimum atomic E-state index is 0.790. The lowest BCUT2D eigenvalue weighted by Crippen LogP contribution is -2.22. The first kappa shape index (κ1) is 23.2. The second-order valence-electron chi connectivity index (χ2n) is 6.77. The van der Waals surface area contributed by atoms with E-state index in [1.807, 2.05) is 0 Å². The van der Waals surface area contributed by atoms with Crippen molar-refractivity contribution in [3.63, 3.8) is 0 Å². The molecule has 2 aromatic carbocycles. The van der Waals surface area contributed by atoms with Gasteiger partial charge in [-0.3, -0.25) is 0 Å². The van der Waals surface area contributed by atoms with Gasteiger partial charge in [0.05, 0.1) is 0 Å². The van der Waals surface area contributed by atoms with Crippen LogP contribution in [0.5, 0.6) is 0 Å². The molecule has 150 valence electrons. The Morgan fingerprint density at radius 2 is 1.04 bits per heavy atom. The highest BCUT2D eigenvalue weighted by Gasteiger charge is 2.03. The van der Waals surface area contributed by atoms with Crippen molar-refractivity contribution in [2.75, 3.05) is 13.1 Å². The van der Waals surface area contributed by atoms with Gasteiger partial charge < -0.3 is 10.6 Å². The van der Waals surface area contributed by atoms with Gasteiger partial charge in [0, 0.05) is 13.1 Å². The van der Waals surface area contributed by atoms with Gasteiger partial charge in [-0.1, -0.05) is 84.1 Å². The predicted molar refractivity (Wildman–Crippen MR) is 135 cm³/mol. The highest BCUT2D eigenvalue weighted by molar-refractivity contribution is 8.89. The summed E-state index contributed by atoms with van der Waals surface area (Å²) in [6, 6.07) is 17.4. The Labute approximate surface area is 188 Å². The zero-order chi connectivity index (χ0) is 20.2. The quantitative estimate of drug-likeness (QED) is 0.292. The molecule has 0 amide bonds. The molecular formula is C22H28N2S4. The molecule has 0 atom stereocenters. The molecule has 2 nitrogen and oxygen atoms in total. The summed E-state index contributed by atoms with van der Waals surface area (Å²) in [5, 5.41) is 6.60. The van der Waals surface area contributed by atoms with E-state index >= 15 is 0 Å². The smallest absolute Gasteiger partial charge is 0.144 e. The van der Waals surface area contributed by atoms with Gasteiger partial charge in [0.1, 0.15) is 8.64 Å². The summed E-state index contributed by atoms with van der Waals surface area (Å²) >= 11 is 10.7. The summed E-state index contributed by atoms with van der Waals surface area (Å²) in [5.74, 6) is 0. The van der Waals surface area contributed by atoms with Crippen LogP contribution < -0.4 is 10.6 Å². The maximum Gasteiger partial charge on any atom is 0.144 e. The predicted octanol–water partition coefficient (Wildman–Crippen LogP) is 6.00. The van der Waals surface area contributed by atoms with Crippen LogP contribution in [0, 0.1) is 13.8 Å². The Hall–Kier alpha value is -1.08. The second-order valence-corrected chi connectivity index (χ2v) is 10.3. The van der Waals surface area contributed by atoms with E-state index in [1.54, 1.807) is 0 Å². The van der Waals surface area contributed by atoms with E-state index < -0.39 is 0 Å². The molecule has 2 aromatic rings. The maximum absolute atomic E-state index is 5.37. The molecule has 2 N–H and O–H groups in total. The van der Waals surface area contributed by atoms with Gasteiger partial charge in [-0.15, -0.1) is 0 Å². The fourth-order valence-corrected chi connectivity index (χ4v) is 4.71. The third-order valence-electron chi connectivity index (χ3n) is 4.26. The van der Waals surface area contributed by atoms with Gasteiger partial charge >= 0.3 is 0 Å². The first-order valence-electron chi connectivity index (χ1n) is 9.54. The Bertz CT molecular complexity index is 677. The molecule has 0 heterocycles. The number of rotatable bonds is 8. The molecule has 0 saturated carbocycles. The molecule has 0 bridgehead atoms. The van der Waals surface area contributed by atoms with Crippen molar-refractivity contribution in [2.24, 2.45) is 0 Å². The molecule has 0 saturated heterocycles. The van der Waals surface area contributed by atoms with Crippen LogP contribution in [-0.2, 0) is 12.8 Å². The average molecular weight is 449 g/mol. The highest BCUT2D eigenvalue weighted by atomic mass is 33.1. The molecule has 0 fully saturated rings. The third kappa shape index (κ3) is 9.92. The van der Waals surface area contributed by atoms with Crippen LogP contribution in [-0.4, -0.2) is 21.7 Å². The van der Waals surface area contributed by atoms with Crippen molar-refractivity contribution in [2.45, 2.75) is 39.5 Å². The van der Waals surface area contributed by atoms with Crippen LogP contribution in [0.25, 0.3) is 0 Å². The molecule has 0 spiro atoms. The summed E-state index contributed by atoms with van der Waals surface area (Å²) in [6.07, 6.45) is 4.26. The molecule has 28 heavy (non-hydrogen) atoms. The van der Waals surface area contributed by atoms with Gasteiger partial charge in [-0.25, -0.2) is 0 Å². The highest BCUT2D eigenvalue weighted by Crippen LogP contribution is 2.23. The minimum absolute atomic E-state index is 0.790. The summed E-state index contributed by atoms with van der Waals surface area (Å²) in [7, 11) is 3.04. The first-order valence-corrected chi connectivity index (χ1v) is 12.5. The molecule has 0 aromatic heterocycles. The fourth-order valence-electron chi connectivity index (χ4n) is 2.61. The van der Waals surface area contributed by atoms with E-state index in [2.05, 4.69) is 73.0 Å². The van der Waals surface area contributed by atoms with Crippen molar-refractivity contribution in [3.05, 3.63) is 70.8 Å². The van der Waals surface area contributed by atoms with Crippen molar-refractivity contribution in [1.82, 2.24) is 10.6 Å². The molecule has 2 rings (SSSR count). The van der Waals surface area contributed by atoms with E-state index in [0.29, 0.717) is 0 Å². The topological polar surface area (TPSA) is 24.1 Å². The standard InChI is InChI=1S/C22H28N2S4/c1-17-7-11-19(12-8-17)5-3-15-23-21(25)27-28-22(26)24-16-4-6-20-13-9-18(2)10-14-20/h7-14H,3-6,15-16H2,1-2H3,(H,23,25)(H,24,26). The molecule has 0 aliphatic carbocycles. The van der Waals surface area contributed by atoms with E-state index in [0.717, 1.165) is 47.4 Å². The van der Waals surface area contributed by atoms with Crippen LogP contribution in [0.1, 0.15) is 35.1 Å². The van der Waals surface area contributed by atoms with Crippen LogP contribution in [0.4, 0.5) is 0 Å². The van der Waals surface area contributed by atoms with Gasteiger partial charge in [-0.2, -0.15) is 0 Å². The lowest BCUT2D eigenvalue weighted by atomic mass is 10.1. The van der Waals surface area contributed by atoms with Crippen LogP contribution in [0.2, 0.25) is 0 Å². The van der Waals surface area contributed by atoms with Crippen molar-refractivity contribution >= 4 is 54.7 Å². The third-order valence-corrected chi connectivity index (χ3v) is 7.60. The first-order chi connectivity index (χ1) is 13.5. The summed E-state index contributed by atoms with van der Waals surface area (Å²) < 4.78 is 1.58. The zero-order valence-corrected chi connectivity index (χ0v) is 19.8. The van der Waals surface area contributed by atoms with Gasteiger partial charge in [0.15, 0.2) is 0 Å². The van der Waals surface area contributed by atoms with Gasteiger partial charge in [-0.05, 0) is 72.2 Å². The fraction of sp³-hybridized carbons (Fsp3) is 0.364. The molecule has 6 heteroatoms. The number of thiocarbonyl (C=S) groups is 2. The minimum Gasteiger partial charge on any atom is -0.370 e. The molecule has 0 aliphatic heterocycles. The normalized spacial score (nSPS) is 10.5. The Kier molecular flexibility index (Phi) is 10.9. The molecular weight excluding hydrogens is 421 g/mol. The number of nitrogens with one attached hydrogen (secondary N) is 2. The Balaban J connectivity index is 1.49. The molecule has 0 aliphatic rings. The van der Waals surface area contributed by atoms with E-state index in [1.165, 1.54) is 43.8 Å². The lowest BCUT2D eigenvalue weighted by molar-refractivity contribution is 0.782. The van der Waals surface area contributed by atoms with Crippen LogP contribution >= 0.6 is 46.0 Å². The zero-order valence-electron chi connectivity index (χ0n) is 16.5. The number of hydrogen-bond donors (Lipinski definition) is 2. The van der Waals surface area contributed by atoms with Crippen LogP contribution in [0.15, 0.2) is 48.5 Å². The second kappa shape index (κ2) is 13.2. The SMILES string of the molecule is Cc1ccc(CCCNC(=S)SSC(=S)NCCCc2ccc(C)cc2)cc1.